The standard InChI is InChI=1S/C58H97O11P/c1-4-7-10-13-16-19-21-23-25-27-29-31-33-36-39-42-45-48-57(61)68-54(50-59)52-66-70(63,64)67-53-55(51-65-56(60)47-44-41-38-35-18-15-12-9-6-3)69-58(62)49-46-43-40-37-34-32-30-28-26-24-22-20-17-14-11-8-5-2/h7-8,10-11,16-17,19-20,23-26,29-32,54-55,59H,4-6,9,12-15,18,21-22,27-28,33-53H2,1-3H3,(H,63,64)/b10-7-,11-8-,19-16-,20-17-,25-23-,26-24-,31-29-,32-30-. The molecule has 12 heteroatoms. The number of hydrogen-bond acceptors (Lipinski definition) is 10. The van der Waals surface area contributed by atoms with Crippen molar-refractivity contribution in [2.75, 3.05) is 26.4 Å². The van der Waals surface area contributed by atoms with E-state index in [1.54, 1.807) is 0 Å². The number of unbranched alkanes of at least 4 members (excludes halogenated alkanes) is 16. The van der Waals surface area contributed by atoms with Gasteiger partial charge in [0.25, 0.3) is 0 Å². The summed E-state index contributed by atoms with van der Waals surface area (Å²) in [5.74, 6) is -1.53. The monoisotopic (exact) mass is 1000 g/mol. The SMILES string of the molecule is CC/C=C\C/C=C\C/C=C\C/C=C\CCCCCCC(=O)OC(CO)COP(=O)(O)OCC(COC(=O)CCCCCCCCCCC)OC(=O)CCCCCC/C=C\C/C=C\C/C=C\C/C=C\CC. The van der Waals surface area contributed by atoms with E-state index in [9.17, 15) is 28.9 Å². The van der Waals surface area contributed by atoms with Gasteiger partial charge in [-0.3, -0.25) is 23.4 Å². The first-order valence-electron chi connectivity index (χ1n) is 27.1. The van der Waals surface area contributed by atoms with Crippen LogP contribution in [-0.2, 0) is 42.2 Å². The number of aliphatic hydroxyl groups excluding tert-OH is 1. The number of carbonyl (C=O) groups excluding carboxylic acids is 3. The van der Waals surface area contributed by atoms with Gasteiger partial charge in [0.05, 0.1) is 19.8 Å². The quantitative estimate of drug-likeness (QED) is 0.0197. The Labute approximate surface area is 425 Å². The Morgan fingerprint density at radius 3 is 1.14 bits per heavy atom. The van der Waals surface area contributed by atoms with E-state index >= 15 is 0 Å². The summed E-state index contributed by atoms with van der Waals surface area (Å²) in [6.07, 6.45) is 59.5. The van der Waals surface area contributed by atoms with Crippen LogP contribution in [0.1, 0.15) is 213 Å². The molecule has 11 nitrogen and oxygen atoms in total. The van der Waals surface area contributed by atoms with Crippen molar-refractivity contribution in [3.8, 4) is 0 Å². The molecule has 0 spiro atoms. The first-order chi connectivity index (χ1) is 34.2. The number of phosphoric acid groups is 1. The fraction of sp³-hybridized carbons (Fsp3) is 0.672. The van der Waals surface area contributed by atoms with Crippen LogP contribution in [0.5, 0.6) is 0 Å². The minimum absolute atomic E-state index is 0.135. The third-order valence-corrected chi connectivity index (χ3v) is 12.0. The second-order valence-corrected chi connectivity index (χ2v) is 19.1. The second-order valence-electron chi connectivity index (χ2n) is 17.6. The highest BCUT2D eigenvalue weighted by Gasteiger charge is 2.28. The molecule has 0 fully saturated rings. The molecule has 400 valence electrons. The Balaban J connectivity index is 4.73. The number of phosphoric ester groups is 1. The number of aliphatic hydroxyl groups is 1. The Morgan fingerprint density at radius 2 is 0.743 bits per heavy atom. The van der Waals surface area contributed by atoms with Gasteiger partial charge in [-0.2, -0.15) is 0 Å². The van der Waals surface area contributed by atoms with Crippen LogP contribution in [0.2, 0.25) is 0 Å². The van der Waals surface area contributed by atoms with Crippen LogP contribution >= 0.6 is 7.82 Å². The zero-order chi connectivity index (χ0) is 51.3. The highest BCUT2D eigenvalue weighted by Crippen LogP contribution is 2.43. The van der Waals surface area contributed by atoms with Crippen LogP contribution in [0, 0.1) is 0 Å². The van der Waals surface area contributed by atoms with Crippen molar-refractivity contribution < 1.29 is 52.2 Å². The lowest BCUT2D eigenvalue weighted by molar-refractivity contribution is -0.161. The van der Waals surface area contributed by atoms with Gasteiger partial charge in [0, 0.05) is 19.3 Å². The normalized spacial score (nSPS) is 14.2. The topological polar surface area (TPSA) is 155 Å². The number of hydrogen-bond donors (Lipinski definition) is 2. The first kappa shape index (κ1) is 66.4. The molecular formula is C58H97O11P. The van der Waals surface area contributed by atoms with E-state index in [0.717, 1.165) is 122 Å². The molecule has 0 amide bonds. The summed E-state index contributed by atoms with van der Waals surface area (Å²) < 4.78 is 39.3. The predicted molar refractivity (Wildman–Crippen MR) is 288 cm³/mol. The summed E-state index contributed by atoms with van der Waals surface area (Å²) in [5.41, 5.74) is 0. The van der Waals surface area contributed by atoms with E-state index in [1.165, 1.54) is 32.1 Å². The fourth-order valence-corrected chi connectivity index (χ4v) is 7.71. The molecule has 0 aromatic heterocycles. The molecule has 0 saturated carbocycles. The molecule has 2 N–H and O–H groups in total. The van der Waals surface area contributed by atoms with Gasteiger partial charge in [0.2, 0.25) is 0 Å². The minimum Gasteiger partial charge on any atom is -0.462 e. The Kier molecular flexibility index (Phi) is 49.1. The van der Waals surface area contributed by atoms with E-state index in [0.29, 0.717) is 19.3 Å². The van der Waals surface area contributed by atoms with Crippen LogP contribution in [-0.4, -0.2) is 66.5 Å². The van der Waals surface area contributed by atoms with Gasteiger partial charge >= 0.3 is 25.7 Å². The molecule has 70 heavy (non-hydrogen) atoms. The Hall–Kier alpha value is -3.60. The van der Waals surface area contributed by atoms with Gasteiger partial charge < -0.3 is 24.2 Å². The van der Waals surface area contributed by atoms with Crippen LogP contribution in [0.4, 0.5) is 0 Å². The van der Waals surface area contributed by atoms with Crippen molar-refractivity contribution >= 4 is 25.7 Å². The summed E-state index contributed by atoms with van der Waals surface area (Å²) in [7, 11) is -4.76. The van der Waals surface area contributed by atoms with Gasteiger partial charge in [-0.05, 0) is 96.3 Å². The maximum absolute atomic E-state index is 12.9. The molecule has 3 atom stereocenters. The summed E-state index contributed by atoms with van der Waals surface area (Å²) >= 11 is 0. The average molecular weight is 1000 g/mol. The van der Waals surface area contributed by atoms with Crippen LogP contribution in [0.3, 0.4) is 0 Å². The van der Waals surface area contributed by atoms with Crippen LogP contribution < -0.4 is 0 Å². The molecule has 0 aromatic rings. The molecule has 0 radical (unpaired) electrons. The Bertz CT molecular complexity index is 1540. The highest BCUT2D eigenvalue weighted by molar-refractivity contribution is 7.47. The minimum atomic E-state index is -4.76. The molecule has 0 aliphatic heterocycles. The molecule has 0 aliphatic rings. The number of ether oxygens (including phenoxy) is 3. The van der Waals surface area contributed by atoms with Gasteiger partial charge in [0.1, 0.15) is 12.7 Å². The maximum Gasteiger partial charge on any atom is 0.472 e. The molecule has 0 bridgehead atoms. The largest absolute Gasteiger partial charge is 0.472 e. The van der Waals surface area contributed by atoms with Gasteiger partial charge in [-0.25, -0.2) is 4.57 Å². The van der Waals surface area contributed by atoms with Gasteiger partial charge in [0.15, 0.2) is 6.10 Å². The highest BCUT2D eigenvalue weighted by atomic mass is 31.2. The zero-order valence-corrected chi connectivity index (χ0v) is 44.8. The van der Waals surface area contributed by atoms with Crippen LogP contribution in [0.15, 0.2) is 97.2 Å². The predicted octanol–water partition coefficient (Wildman–Crippen LogP) is 15.7. The maximum atomic E-state index is 12.9. The molecule has 0 rings (SSSR count). The second kappa shape index (κ2) is 51.7. The smallest absolute Gasteiger partial charge is 0.462 e. The lowest BCUT2D eigenvalue weighted by Crippen LogP contribution is -2.30. The van der Waals surface area contributed by atoms with Crippen molar-refractivity contribution in [1.29, 1.82) is 0 Å². The summed E-state index contributed by atoms with van der Waals surface area (Å²) in [6, 6.07) is 0. The van der Waals surface area contributed by atoms with Crippen molar-refractivity contribution in [3.05, 3.63) is 97.2 Å². The van der Waals surface area contributed by atoms with Crippen molar-refractivity contribution in [2.24, 2.45) is 0 Å². The fourth-order valence-electron chi connectivity index (χ4n) is 6.93. The number of rotatable bonds is 49. The van der Waals surface area contributed by atoms with Crippen molar-refractivity contribution in [1.82, 2.24) is 0 Å². The molecule has 0 saturated heterocycles. The molecular weight excluding hydrogens is 904 g/mol. The van der Waals surface area contributed by atoms with Crippen LogP contribution in [0.25, 0.3) is 0 Å². The molecule has 3 unspecified atom stereocenters. The van der Waals surface area contributed by atoms with Crippen molar-refractivity contribution in [2.45, 2.75) is 226 Å². The molecule has 0 aromatic carbocycles. The third-order valence-electron chi connectivity index (χ3n) is 11.0. The number of carbonyl (C=O) groups is 3. The Morgan fingerprint density at radius 1 is 0.414 bits per heavy atom. The third kappa shape index (κ3) is 49.4. The summed E-state index contributed by atoms with van der Waals surface area (Å²) in [6.45, 7) is 4.32. The van der Waals surface area contributed by atoms with E-state index in [4.69, 9.17) is 23.3 Å². The van der Waals surface area contributed by atoms with E-state index < -0.39 is 57.8 Å². The lowest BCUT2D eigenvalue weighted by Gasteiger charge is -2.21. The van der Waals surface area contributed by atoms with E-state index in [-0.39, 0.29) is 25.9 Å². The molecule has 0 heterocycles. The summed E-state index contributed by atoms with van der Waals surface area (Å²) in [4.78, 5) is 48.3. The van der Waals surface area contributed by atoms with E-state index in [2.05, 4.69) is 118 Å². The number of esters is 3. The van der Waals surface area contributed by atoms with E-state index in [1.807, 2.05) is 0 Å². The van der Waals surface area contributed by atoms with Crippen molar-refractivity contribution in [3.63, 3.8) is 0 Å². The van der Waals surface area contributed by atoms with Gasteiger partial charge in [-0.1, -0.05) is 195 Å². The first-order valence-corrected chi connectivity index (χ1v) is 28.6. The number of allylic oxidation sites excluding steroid dienone is 16. The zero-order valence-electron chi connectivity index (χ0n) is 43.9. The lowest BCUT2D eigenvalue weighted by atomic mass is 10.1. The molecule has 0 aliphatic carbocycles. The average Bonchev–Trinajstić information content (AvgIpc) is 3.35. The van der Waals surface area contributed by atoms with Gasteiger partial charge in [-0.15, -0.1) is 0 Å². The summed E-state index contributed by atoms with van der Waals surface area (Å²) in [5, 5.41) is 9.79.